The zero-order valence-electron chi connectivity index (χ0n) is 39.5. The number of hydrogen-bond acceptors (Lipinski definition) is 5. The maximum Gasteiger partial charge on any atom is 0.227 e. The molecule has 0 saturated carbocycles. The molecular weight excluding hydrogens is 817 g/mol. The molecule has 7 rings (SSSR count). The summed E-state index contributed by atoms with van der Waals surface area (Å²) >= 11 is 0. The zero-order valence-corrected chi connectivity index (χ0v) is 39.5. The molecule has 0 radical (unpaired) electrons. The van der Waals surface area contributed by atoms with Crippen LogP contribution in [0.4, 0.5) is 34.1 Å². The Kier molecular flexibility index (Phi) is 15.1. The van der Waals surface area contributed by atoms with Gasteiger partial charge in [0, 0.05) is 77.0 Å². The number of aliphatic hydroxyl groups excluding tert-OH is 1. The summed E-state index contributed by atoms with van der Waals surface area (Å²) in [6.07, 6.45) is 11.8. The van der Waals surface area contributed by atoms with Gasteiger partial charge in [0.15, 0.2) is 0 Å². The number of ketones is 1. The highest BCUT2D eigenvalue weighted by Crippen LogP contribution is 2.45. The first-order valence-electron chi connectivity index (χ1n) is 23.5. The number of aryl methyl sites for hydroxylation is 4. The van der Waals surface area contributed by atoms with E-state index in [-0.39, 0.29) is 40.4 Å². The highest BCUT2D eigenvalue weighted by Gasteiger charge is 2.40. The van der Waals surface area contributed by atoms with Crippen LogP contribution in [0.1, 0.15) is 100.0 Å². The number of aliphatic hydroxyl groups is 1. The van der Waals surface area contributed by atoms with Gasteiger partial charge in [-0.1, -0.05) is 117 Å². The number of benzene rings is 5. The van der Waals surface area contributed by atoms with Crippen LogP contribution in [0.25, 0.3) is 5.57 Å². The van der Waals surface area contributed by atoms with Gasteiger partial charge in [-0.2, -0.15) is 4.58 Å². The van der Waals surface area contributed by atoms with Crippen molar-refractivity contribution in [2.24, 2.45) is 5.92 Å². The molecule has 338 valence electrons. The molecule has 0 spiro atoms. The highest BCUT2D eigenvalue weighted by atomic mass is 16.3. The van der Waals surface area contributed by atoms with E-state index in [1.165, 1.54) is 0 Å². The van der Waals surface area contributed by atoms with Crippen LogP contribution in [0, 0.1) is 33.6 Å². The minimum Gasteiger partial charge on any atom is -0.506 e. The lowest BCUT2D eigenvalue weighted by molar-refractivity contribution is -0.121. The van der Waals surface area contributed by atoms with Gasteiger partial charge in [-0.25, -0.2) is 0 Å². The second-order valence-corrected chi connectivity index (χ2v) is 17.6. The Bertz CT molecular complexity index is 2660. The van der Waals surface area contributed by atoms with E-state index >= 15 is 0 Å². The summed E-state index contributed by atoms with van der Waals surface area (Å²) in [6, 6.07) is 38.7. The van der Waals surface area contributed by atoms with Crippen LogP contribution < -0.4 is 20.1 Å². The van der Waals surface area contributed by atoms with E-state index in [2.05, 4.69) is 145 Å². The molecule has 0 aromatic heterocycles. The second kappa shape index (κ2) is 21.3. The lowest BCUT2D eigenvalue weighted by Crippen LogP contribution is -2.31. The van der Waals surface area contributed by atoms with Gasteiger partial charge in [0.2, 0.25) is 34.7 Å². The fourth-order valence-corrected chi connectivity index (χ4v) is 8.51. The summed E-state index contributed by atoms with van der Waals surface area (Å²) in [4.78, 5) is 44.6. The predicted molar refractivity (Wildman–Crippen MR) is 272 cm³/mol. The van der Waals surface area contributed by atoms with Crippen LogP contribution in [0.2, 0.25) is 0 Å². The van der Waals surface area contributed by atoms with Gasteiger partial charge in [0.05, 0.1) is 22.5 Å². The standard InChI is InChI=1S/C58H62N4O4/c1-8-11-13-15-53(63)59-51-36-47(61(43-24-16-38(4)17-25-43)44-26-18-39(5)19-27-44)32-34-49(51)54-56(64)55(57(54)65)50-35-33-48(37-52(50)60-58(66)42(10-3)14-12-9-2)62(45-28-20-40(6)21-29-45)46-30-22-41(7)23-31-46/h16-37,42H,8-15H2,1-7H3,(H2,59,60,63,64,65,66)/p+1. The molecule has 0 fully saturated rings. The normalized spacial score (nSPS) is 15.0. The van der Waals surface area contributed by atoms with E-state index < -0.39 is 0 Å². The van der Waals surface area contributed by atoms with Crippen LogP contribution in [0.15, 0.2) is 156 Å². The predicted octanol–water partition coefficient (Wildman–Crippen LogP) is 13.8. The van der Waals surface area contributed by atoms with Crippen molar-refractivity contribution >= 4 is 63.0 Å². The Labute approximate surface area is 390 Å². The molecule has 8 heteroatoms. The quantitative estimate of drug-likeness (QED) is 0.0491. The first kappa shape index (κ1) is 46.9. The largest absolute Gasteiger partial charge is 0.506 e. The Morgan fingerprint density at radius 1 is 0.636 bits per heavy atom. The summed E-state index contributed by atoms with van der Waals surface area (Å²) in [5.41, 5.74) is 11.7. The Morgan fingerprint density at radius 2 is 1.17 bits per heavy atom. The third-order valence-electron chi connectivity index (χ3n) is 12.5. The molecule has 2 aliphatic carbocycles. The van der Waals surface area contributed by atoms with E-state index in [1.807, 2.05) is 51.1 Å². The van der Waals surface area contributed by atoms with Gasteiger partial charge in [0.25, 0.3) is 0 Å². The molecule has 66 heavy (non-hydrogen) atoms. The van der Waals surface area contributed by atoms with Crippen LogP contribution in [0.3, 0.4) is 0 Å². The molecule has 0 heterocycles. The van der Waals surface area contributed by atoms with Crippen molar-refractivity contribution in [1.82, 2.24) is 9.89 Å². The third kappa shape index (κ3) is 10.6. The van der Waals surface area contributed by atoms with Crippen molar-refractivity contribution in [2.75, 3.05) is 10.2 Å². The average Bonchev–Trinajstić information content (AvgIpc) is 3.31. The molecule has 1 unspecified atom stereocenters. The SMILES string of the molecule is CCCCCC(=O)NC1=CC(=[N+](c2ccc(C)cc2)c2ccc(C)cc2)C=C/C1=C1\C(=O)C(c2ccc(N(c3ccc(C)cc3)c3ccc(C)cc3)cc2NC(=O)C(CC)CCCC)=C1O. The maximum atomic E-state index is 14.7. The van der Waals surface area contributed by atoms with Crippen LogP contribution in [0.5, 0.6) is 0 Å². The first-order valence-corrected chi connectivity index (χ1v) is 23.5. The number of allylic oxidation sites excluding steroid dienone is 5. The number of amides is 2. The number of carbonyl (C=O) groups is 3. The monoisotopic (exact) mass is 879 g/mol. The summed E-state index contributed by atoms with van der Waals surface area (Å²) in [5, 5.41) is 18.5. The van der Waals surface area contributed by atoms with E-state index in [4.69, 9.17) is 0 Å². The van der Waals surface area contributed by atoms with Gasteiger partial charge in [0.1, 0.15) is 5.76 Å². The van der Waals surface area contributed by atoms with Gasteiger partial charge < -0.3 is 20.6 Å². The molecule has 1 atom stereocenters. The number of hydrogen-bond donors (Lipinski definition) is 3. The molecule has 0 aliphatic heterocycles. The maximum absolute atomic E-state index is 14.7. The molecule has 5 aromatic rings. The van der Waals surface area contributed by atoms with E-state index in [9.17, 15) is 19.5 Å². The molecule has 2 amide bonds. The van der Waals surface area contributed by atoms with Gasteiger partial charge in [-0.15, -0.1) is 0 Å². The summed E-state index contributed by atoms with van der Waals surface area (Å²) < 4.78 is 2.11. The van der Waals surface area contributed by atoms with Crippen molar-refractivity contribution in [3.8, 4) is 0 Å². The average molecular weight is 880 g/mol. The highest BCUT2D eigenvalue weighted by molar-refractivity contribution is 6.40. The number of nitrogens with one attached hydrogen (secondary N) is 2. The fourth-order valence-electron chi connectivity index (χ4n) is 8.51. The third-order valence-corrected chi connectivity index (χ3v) is 12.5. The van der Waals surface area contributed by atoms with Crippen molar-refractivity contribution in [3.63, 3.8) is 0 Å². The zero-order chi connectivity index (χ0) is 46.9. The molecule has 5 aromatic carbocycles. The number of anilines is 4. The Morgan fingerprint density at radius 3 is 1.68 bits per heavy atom. The first-order chi connectivity index (χ1) is 31.9. The smallest absolute Gasteiger partial charge is 0.227 e. The molecule has 0 bridgehead atoms. The minimum atomic E-state index is -0.383. The lowest BCUT2D eigenvalue weighted by Gasteiger charge is -2.29. The van der Waals surface area contributed by atoms with Crippen LogP contribution >= 0.6 is 0 Å². The van der Waals surface area contributed by atoms with Gasteiger partial charge in [-0.05, 0) is 95.5 Å². The van der Waals surface area contributed by atoms with Crippen molar-refractivity contribution in [1.29, 1.82) is 0 Å². The fraction of sp³-hybridized carbons (Fsp3) is 0.276. The molecular formula is C58H63N4O4+. The molecule has 0 saturated heterocycles. The van der Waals surface area contributed by atoms with Crippen molar-refractivity contribution < 1.29 is 19.5 Å². The second-order valence-electron chi connectivity index (χ2n) is 17.6. The number of carbonyl (C=O) groups excluding carboxylic acids is 3. The summed E-state index contributed by atoms with van der Waals surface area (Å²) in [6.45, 7) is 14.4. The number of Topliss-reactive ketones (excluding diaryl/α,β-unsaturated/α-hetero) is 1. The van der Waals surface area contributed by atoms with E-state index in [0.29, 0.717) is 35.4 Å². The van der Waals surface area contributed by atoms with E-state index in [0.717, 1.165) is 94.9 Å². The molecule has 3 N–H and O–H groups in total. The van der Waals surface area contributed by atoms with Crippen LogP contribution in [-0.4, -0.2) is 28.4 Å². The van der Waals surface area contributed by atoms with Gasteiger partial charge >= 0.3 is 0 Å². The molecule has 8 nitrogen and oxygen atoms in total. The Hall–Kier alpha value is -7.06. The van der Waals surface area contributed by atoms with E-state index in [1.54, 1.807) is 6.08 Å². The summed E-state index contributed by atoms with van der Waals surface area (Å²) in [7, 11) is 0. The lowest BCUT2D eigenvalue weighted by atomic mass is 9.78. The number of rotatable bonds is 17. The van der Waals surface area contributed by atoms with Crippen molar-refractivity contribution in [2.45, 2.75) is 99.8 Å². The van der Waals surface area contributed by atoms with Gasteiger partial charge in [-0.3, -0.25) is 14.4 Å². The Balaban J connectivity index is 1.37. The number of nitrogens with zero attached hydrogens (tertiary/aromatic N) is 2. The van der Waals surface area contributed by atoms with Crippen molar-refractivity contribution in [3.05, 3.63) is 184 Å². The van der Waals surface area contributed by atoms with Crippen LogP contribution in [-0.2, 0) is 14.4 Å². The molecule has 2 aliphatic rings. The summed E-state index contributed by atoms with van der Waals surface area (Å²) in [5.74, 6) is -1.11. The number of unbranched alkanes of at least 4 members (excludes halogenated alkanes) is 3. The topological polar surface area (TPSA) is 102 Å². The minimum absolute atomic E-state index is 0.106.